The molecule has 3 N–H and O–H groups in total. The van der Waals surface area contributed by atoms with Crippen molar-refractivity contribution in [3.8, 4) is 11.4 Å². The van der Waals surface area contributed by atoms with Gasteiger partial charge >= 0.3 is 0 Å². The number of rotatable bonds is 1. The molecular weight excluding hydrogens is 306 g/mol. The van der Waals surface area contributed by atoms with Gasteiger partial charge in [-0.2, -0.15) is 5.10 Å². The molecule has 0 unspecified atom stereocenters. The van der Waals surface area contributed by atoms with Crippen LogP contribution in [0.5, 0.6) is 0 Å². The van der Waals surface area contributed by atoms with Crippen LogP contribution in [-0.4, -0.2) is 15.2 Å². The van der Waals surface area contributed by atoms with Crippen LogP contribution in [0.4, 0.5) is 5.69 Å². The van der Waals surface area contributed by atoms with Gasteiger partial charge in [0.05, 0.1) is 10.7 Å². The maximum atomic E-state index is 5.81. The van der Waals surface area contributed by atoms with Gasteiger partial charge in [-0.25, -0.2) is 4.98 Å². The second-order valence-electron chi connectivity index (χ2n) is 3.24. The summed E-state index contributed by atoms with van der Waals surface area (Å²) >= 11 is 22.8. The molecule has 0 bridgehead atoms. The number of halogens is 4. The highest BCUT2D eigenvalue weighted by Gasteiger charge is 2.27. The van der Waals surface area contributed by atoms with Crippen LogP contribution in [0.2, 0.25) is 5.02 Å². The van der Waals surface area contributed by atoms with Gasteiger partial charge in [-0.3, -0.25) is 5.10 Å². The highest BCUT2D eigenvalue weighted by molar-refractivity contribution is 6.66. The van der Waals surface area contributed by atoms with Gasteiger partial charge in [-0.1, -0.05) is 46.4 Å². The van der Waals surface area contributed by atoms with Gasteiger partial charge < -0.3 is 5.73 Å². The number of aromatic amines is 1. The largest absolute Gasteiger partial charge is 0.398 e. The molecular formula is C9H6Cl4N4. The third-order valence-corrected chi connectivity index (χ3v) is 2.89. The van der Waals surface area contributed by atoms with Crippen LogP contribution in [0.25, 0.3) is 11.4 Å². The topological polar surface area (TPSA) is 67.6 Å². The highest BCUT2D eigenvalue weighted by atomic mass is 35.6. The van der Waals surface area contributed by atoms with Gasteiger partial charge in [-0.15, -0.1) is 0 Å². The summed E-state index contributed by atoms with van der Waals surface area (Å²) < 4.78 is -1.64. The molecule has 2 aromatic rings. The van der Waals surface area contributed by atoms with Crippen molar-refractivity contribution in [2.75, 3.05) is 5.73 Å². The van der Waals surface area contributed by atoms with Crippen LogP contribution in [0.1, 0.15) is 5.82 Å². The molecule has 1 aromatic heterocycles. The van der Waals surface area contributed by atoms with E-state index < -0.39 is 3.79 Å². The summed E-state index contributed by atoms with van der Waals surface area (Å²) in [5.74, 6) is 0.528. The van der Waals surface area contributed by atoms with Crippen molar-refractivity contribution >= 4 is 52.1 Å². The van der Waals surface area contributed by atoms with Crippen LogP contribution >= 0.6 is 46.4 Å². The Kier molecular flexibility index (Phi) is 3.41. The Morgan fingerprint density at radius 1 is 1.24 bits per heavy atom. The Bertz CT molecular complexity index is 546. The molecule has 0 radical (unpaired) electrons. The SMILES string of the molecule is Nc1cc(-c2n[nH]c(C(Cl)(Cl)Cl)n2)ccc1Cl. The highest BCUT2D eigenvalue weighted by Crippen LogP contribution is 2.36. The minimum absolute atomic E-state index is 0.144. The zero-order valence-electron chi connectivity index (χ0n) is 8.22. The molecule has 0 amide bonds. The molecule has 1 aromatic carbocycles. The Balaban J connectivity index is 2.40. The summed E-state index contributed by atoms with van der Waals surface area (Å²) in [6.07, 6.45) is 0. The van der Waals surface area contributed by atoms with Crippen LogP contribution in [0.3, 0.4) is 0 Å². The van der Waals surface area contributed by atoms with Crippen molar-refractivity contribution in [1.29, 1.82) is 0 Å². The van der Waals surface area contributed by atoms with Crippen molar-refractivity contribution < 1.29 is 0 Å². The molecule has 17 heavy (non-hydrogen) atoms. The van der Waals surface area contributed by atoms with Gasteiger partial charge in [0.25, 0.3) is 0 Å². The Morgan fingerprint density at radius 3 is 2.47 bits per heavy atom. The second kappa shape index (κ2) is 4.53. The lowest BCUT2D eigenvalue weighted by Gasteiger charge is -2.04. The molecule has 0 atom stereocenters. The number of hydrogen-bond donors (Lipinski definition) is 2. The molecule has 1 heterocycles. The average Bonchev–Trinajstić information content (AvgIpc) is 2.70. The molecule has 0 fully saturated rings. The first-order valence-corrected chi connectivity index (χ1v) is 5.94. The molecule has 0 aliphatic heterocycles. The normalized spacial score (nSPS) is 11.8. The van der Waals surface area contributed by atoms with Crippen molar-refractivity contribution in [3.63, 3.8) is 0 Å². The summed E-state index contributed by atoms with van der Waals surface area (Å²) in [5, 5.41) is 6.95. The Morgan fingerprint density at radius 2 is 1.94 bits per heavy atom. The maximum absolute atomic E-state index is 5.81. The number of H-pyrrole nitrogens is 1. The van der Waals surface area contributed by atoms with Gasteiger partial charge in [0, 0.05) is 5.56 Å². The monoisotopic (exact) mass is 310 g/mol. The van der Waals surface area contributed by atoms with E-state index in [0.717, 1.165) is 0 Å². The van der Waals surface area contributed by atoms with Crippen molar-refractivity contribution in [3.05, 3.63) is 29.0 Å². The standard InChI is InChI=1S/C9H6Cl4N4/c10-5-2-1-4(3-6(5)14)7-15-8(17-16-7)9(11,12)13/h1-3H,14H2,(H,15,16,17). The number of aromatic nitrogens is 3. The molecule has 90 valence electrons. The van der Waals surface area contributed by atoms with E-state index in [1.165, 1.54) is 0 Å². The number of alkyl halides is 3. The number of nitrogens with one attached hydrogen (secondary N) is 1. The molecule has 8 heteroatoms. The maximum Gasteiger partial charge on any atom is 0.249 e. The summed E-state index contributed by atoms with van der Waals surface area (Å²) in [6, 6.07) is 5.02. The first kappa shape index (κ1) is 12.8. The average molecular weight is 312 g/mol. The van der Waals surface area contributed by atoms with Crippen molar-refractivity contribution in [2.24, 2.45) is 0 Å². The second-order valence-corrected chi connectivity index (χ2v) is 5.93. The molecule has 0 spiro atoms. The number of hydrogen-bond acceptors (Lipinski definition) is 3. The predicted octanol–water partition coefficient (Wildman–Crippen LogP) is 3.53. The van der Waals surface area contributed by atoms with Gasteiger partial charge in [-0.05, 0) is 18.2 Å². The van der Waals surface area contributed by atoms with E-state index in [9.17, 15) is 0 Å². The number of nitrogens with two attached hydrogens (primary N) is 1. The van der Waals surface area contributed by atoms with Crippen LogP contribution < -0.4 is 5.73 Å². The minimum atomic E-state index is -1.64. The molecule has 0 saturated carbocycles. The fraction of sp³-hybridized carbons (Fsp3) is 0.111. The molecule has 0 aliphatic rings. The van der Waals surface area contributed by atoms with E-state index in [0.29, 0.717) is 22.1 Å². The van der Waals surface area contributed by atoms with Gasteiger partial charge in [0.15, 0.2) is 11.6 Å². The van der Waals surface area contributed by atoms with E-state index in [1.54, 1.807) is 18.2 Å². The van der Waals surface area contributed by atoms with Gasteiger partial charge in [0.2, 0.25) is 3.79 Å². The van der Waals surface area contributed by atoms with E-state index >= 15 is 0 Å². The lowest BCUT2D eigenvalue weighted by molar-refractivity contribution is 0.974. The lowest BCUT2D eigenvalue weighted by atomic mass is 10.2. The molecule has 4 nitrogen and oxygen atoms in total. The molecule has 0 aliphatic carbocycles. The minimum Gasteiger partial charge on any atom is -0.398 e. The smallest absolute Gasteiger partial charge is 0.249 e. The van der Waals surface area contributed by atoms with Crippen molar-refractivity contribution in [1.82, 2.24) is 15.2 Å². The zero-order chi connectivity index (χ0) is 12.6. The van der Waals surface area contributed by atoms with Crippen LogP contribution in [0, 0.1) is 0 Å². The first-order chi connectivity index (χ1) is 7.88. The fourth-order valence-corrected chi connectivity index (χ4v) is 1.57. The summed E-state index contributed by atoms with van der Waals surface area (Å²) in [7, 11) is 0. The van der Waals surface area contributed by atoms with E-state index in [2.05, 4.69) is 15.2 Å². The number of nitrogens with zero attached hydrogens (tertiary/aromatic N) is 2. The fourth-order valence-electron chi connectivity index (χ4n) is 1.20. The lowest BCUT2D eigenvalue weighted by Crippen LogP contribution is -2.02. The van der Waals surface area contributed by atoms with Crippen LogP contribution in [-0.2, 0) is 3.79 Å². The number of anilines is 1. The van der Waals surface area contributed by atoms with Crippen molar-refractivity contribution in [2.45, 2.75) is 3.79 Å². The van der Waals surface area contributed by atoms with Gasteiger partial charge in [0.1, 0.15) is 0 Å². The zero-order valence-corrected chi connectivity index (χ0v) is 11.2. The molecule has 0 saturated heterocycles. The number of nitrogen functional groups attached to an aromatic ring is 1. The Labute approximate surface area is 117 Å². The summed E-state index contributed by atoms with van der Waals surface area (Å²) in [6.45, 7) is 0. The predicted molar refractivity (Wildman–Crippen MR) is 70.5 cm³/mol. The molecule has 2 rings (SSSR count). The third-order valence-electron chi connectivity index (χ3n) is 2.01. The van der Waals surface area contributed by atoms with E-state index in [4.69, 9.17) is 52.1 Å². The summed E-state index contributed by atoms with van der Waals surface area (Å²) in [5.41, 5.74) is 6.79. The summed E-state index contributed by atoms with van der Waals surface area (Å²) in [4.78, 5) is 4.06. The van der Waals surface area contributed by atoms with E-state index in [-0.39, 0.29) is 5.82 Å². The third kappa shape index (κ3) is 2.77. The van der Waals surface area contributed by atoms with E-state index in [1.807, 2.05) is 0 Å². The van der Waals surface area contributed by atoms with Crippen LogP contribution in [0.15, 0.2) is 18.2 Å². The quantitative estimate of drug-likeness (QED) is 0.625. The first-order valence-electron chi connectivity index (χ1n) is 4.43. The Hall–Kier alpha value is -0.680. The number of benzene rings is 1.